The molecule has 4 fully saturated rings. The third kappa shape index (κ3) is 3.41. The van der Waals surface area contributed by atoms with Gasteiger partial charge in [0.15, 0.2) is 0 Å². The van der Waals surface area contributed by atoms with Crippen molar-refractivity contribution < 1.29 is 9.53 Å². The maximum Gasteiger partial charge on any atom is 0.220 e. The van der Waals surface area contributed by atoms with Gasteiger partial charge in [-0.05, 0) is 103 Å². The lowest BCUT2D eigenvalue weighted by molar-refractivity contribution is -0.137. The zero-order valence-corrected chi connectivity index (χ0v) is 20.7. The molecule has 1 N–H and O–H groups in total. The Balaban J connectivity index is 1.37. The molecule has 1 saturated heterocycles. The third-order valence-electron chi connectivity index (χ3n) is 10.9. The van der Waals surface area contributed by atoms with Crippen molar-refractivity contribution in [1.29, 1.82) is 0 Å². The lowest BCUT2D eigenvalue weighted by atomic mass is 9.46. The molecule has 3 aliphatic carbocycles. The normalized spacial score (nSPS) is 41.8. The number of methoxy groups -OCH3 is 1. The Hall–Kier alpha value is -1.51. The summed E-state index contributed by atoms with van der Waals surface area (Å²) in [7, 11) is 1.80. The Morgan fingerprint density at radius 2 is 1.81 bits per heavy atom. The molecule has 0 aromatic heterocycles. The first-order valence-electron chi connectivity index (χ1n) is 13.3. The third-order valence-corrected chi connectivity index (χ3v) is 10.9. The second-order valence-corrected chi connectivity index (χ2v) is 12.0. The molecule has 2 unspecified atom stereocenters. The highest BCUT2D eigenvalue weighted by Gasteiger charge is 2.60. The van der Waals surface area contributed by atoms with Gasteiger partial charge in [-0.15, -0.1) is 0 Å². The number of amides is 1. The first-order chi connectivity index (χ1) is 15.4. The number of nitrogens with one attached hydrogen (secondary N) is 1. The van der Waals surface area contributed by atoms with Crippen molar-refractivity contribution in [3.05, 3.63) is 29.8 Å². The van der Waals surface area contributed by atoms with Crippen LogP contribution in [0.2, 0.25) is 0 Å². The van der Waals surface area contributed by atoms with Gasteiger partial charge in [0.25, 0.3) is 0 Å². The second-order valence-electron chi connectivity index (χ2n) is 12.0. The number of fused-ring (bicyclic) bond motifs is 5. The van der Waals surface area contributed by atoms with Crippen LogP contribution < -0.4 is 10.1 Å². The zero-order chi connectivity index (χ0) is 22.5. The number of benzene rings is 1. The van der Waals surface area contributed by atoms with E-state index in [2.05, 4.69) is 50.4 Å². The average Bonchev–Trinajstić information content (AvgIpc) is 3.15. The fourth-order valence-electron chi connectivity index (χ4n) is 9.24. The van der Waals surface area contributed by atoms with Gasteiger partial charge in [-0.25, -0.2) is 0 Å². The van der Waals surface area contributed by atoms with Crippen LogP contribution in [-0.4, -0.2) is 19.1 Å². The summed E-state index contributed by atoms with van der Waals surface area (Å²) in [5.74, 6) is 5.42. The van der Waals surface area contributed by atoms with E-state index >= 15 is 0 Å². The molecule has 5 rings (SSSR count). The van der Waals surface area contributed by atoms with E-state index in [-0.39, 0.29) is 5.91 Å². The van der Waals surface area contributed by atoms with Crippen LogP contribution in [0.15, 0.2) is 24.3 Å². The van der Waals surface area contributed by atoms with Crippen molar-refractivity contribution in [2.45, 2.75) is 91.0 Å². The Kier molecular flexibility index (Phi) is 5.83. The van der Waals surface area contributed by atoms with E-state index in [1.165, 1.54) is 50.5 Å². The van der Waals surface area contributed by atoms with Crippen LogP contribution in [0.3, 0.4) is 0 Å². The molecule has 1 aromatic rings. The van der Waals surface area contributed by atoms with Crippen molar-refractivity contribution in [2.24, 2.45) is 40.4 Å². The van der Waals surface area contributed by atoms with E-state index in [9.17, 15) is 4.79 Å². The highest BCUT2D eigenvalue weighted by Crippen LogP contribution is 2.67. The van der Waals surface area contributed by atoms with Gasteiger partial charge in [0.05, 0.1) is 7.11 Å². The molecular weight excluding hydrogens is 394 g/mol. The quantitative estimate of drug-likeness (QED) is 0.579. The van der Waals surface area contributed by atoms with E-state index in [1.807, 2.05) is 0 Å². The van der Waals surface area contributed by atoms with Gasteiger partial charge >= 0.3 is 0 Å². The maximum atomic E-state index is 12.1. The molecule has 0 spiro atoms. The van der Waals surface area contributed by atoms with Crippen molar-refractivity contribution in [3.63, 3.8) is 0 Å². The number of para-hydroxylation sites is 1. The maximum absolute atomic E-state index is 12.1. The van der Waals surface area contributed by atoms with Gasteiger partial charge in [-0.3, -0.25) is 4.79 Å². The number of ether oxygens (including phenoxy) is 1. The van der Waals surface area contributed by atoms with Gasteiger partial charge < -0.3 is 10.1 Å². The van der Waals surface area contributed by atoms with Gasteiger partial charge in [0.1, 0.15) is 5.75 Å². The highest BCUT2D eigenvalue weighted by molar-refractivity contribution is 5.77. The van der Waals surface area contributed by atoms with Gasteiger partial charge in [0.2, 0.25) is 5.91 Å². The standard InChI is InChI=1S/C29H43NO2/c1-5-19(18-20-8-6-7-9-25(20)32-4)22-11-12-23-21-10-13-26-29(3,17-15-27(31)30-26)24(21)14-16-28(22,23)2/h6-9,19,21-24,26H,5,10-18H2,1-4H3,(H,30,31)/t19?,21-,22+,23-,24-,26?,28+,29+/m0/s1. The second kappa shape index (κ2) is 8.37. The molecule has 1 aliphatic heterocycles. The van der Waals surface area contributed by atoms with Crippen LogP contribution in [0, 0.1) is 40.4 Å². The molecule has 1 heterocycles. The smallest absolute Gasteiger partial charge is 0.220 e. The molecule has 0 radical (unpaired) electrons. The first-order valence-corrected chi connectivity index (χ1v) is 13.3. The van der Waals surface area contributed by atoms with E-state index in [0.717, 1.165) is 54.6 Å². The summed E-state index contributed by atoms with van der Waals surface area (Å²) in [6.07, 6.45) is 12.3. The summed E-state index contributed by atoms with van der Waals surface area (Å²) in [5, 5.41) is 3.38. The Morgan fingerprint density at radius 3 is 2.59 bits per heavy atom. The van der Waals surface area contributed by atoms with Gasteiger partial charge in [-0.1, -0.05) is 45.4 Å². The Bertz CT molecular complexity index is 851. The summed E-state index contributed by atoms with van der Waals surface area (Å²) in [4.78, 5) is 12.1. The molecule has 4 aliphatic rings. The minimum absolute atomic E-state index is 0.287. The number of hydrogen-bond acceptors (Lipinski definition) is 2. The van der Waals surface area contributed by atoms with Gasteiger partial charge in [0, 0.05) is 12.5 Å². The van der Waals surface area contributed by atoms with E-state index in [1.54, 1.807) is 7.11 Å². The van der Waals surface area contributed by atoms with Crippen LogP contribution in [0.25, 0.3) is 0 Å². The SMILES string of the molecule is CCC(Cc1ccccc1OC)[C@H]1CC[C@H]2[C@@H]3CCC4NC(=O)CC[C@]4(C)[C@H]3CC[C@]12C. The molecule has 0 bridgehead atoms. The van der Waals surface area contributed by atoms with Crippen LogP contribution in [0.1, 0.15) is 84.1 Å². The minimum Gasteiger partial charge on any atom is -0.496 e. The number of carbonyl (C=O) groups is 1. The Morgan fingerprint density at radius 1 is 1.03 bits per heavy atom. The van der Waals surface area contributed by atoms with E-state index in [4.69, 9.17) is 4.74 Å². The molecule has 3 saturated carbocycles. The van der Waals surface area contributed by atoms with Crippen molar-refractivity contribution in [2.75, 3.05) is 7.11 Å². The fourth-order valence-corrected chi connectivity index (χ4v) is 9.24. The van der Waals surface area contributed by atoms with Crippen LogP contribution in [0.4, 0.5) is 0 Å². The number of piperidine rings is 1. The zero-order valence-electron chi connectivity index (χ0n) is 20.7. The van der Waals surface area contributed by atoms with Crippen molar-refractivity contribution >= 4 is 5.91 Å². The van der Waals surface area contributed by atoms with Crippen LogP contribution in [0.5, 0.6) is 5.75 Å². The number of carbonyl (C=O) groups excluding carboxylic acids is 1. The summed E-state index contributed by atoms with van der Waals surface area (Å²) in [5.41, 5.74) is 2.18. The summed E-state index contributed by atoms with van der Waals surface area (Å²) >= 11 is 0. The van der Waals surface area contributed by atoms with E-state index in [0.29, 0.717) is 16.9 Å². The first kappa shape index (κ1) is 22.3. The number of rotatable bonds is 5. The predicted octanol–water partition coefficient (Wildman–Crippen LogP) is 6.40. The van der Waals surface area contributed by atoms with Crippen LogP contribution in [-0.2, 0) is 11.2 Å². The van der Waals surface area contributed by atoms with Crippen molar-refractivity contribution in [1.82, 2.24) is 5.32 Å². The van der Waals surface area contributed by atoms with E-state index < -0.39 is 0 Å². The molecular formula is C29H43NO2. The monoisotopic (exact) mass is 437 g/mol. The van der Waals surface area contributed by atoms with Crippen LogP contribution >= 0.6 is 0 Å². The minimum atomic E-state index is 0.287. The molecule has 3 heteroatoms. The lowest BCUT2D eigenvalue weighted by Crippen LogP contribution is -2.61. The molecule has 8 atom stereocenters. The van der Waals surface area contributed by atoms with Crippen molar-refractivity contribution in [3.8, 4) is 5.75 Å². The molecule has 32 heavy (non-hydrogen) atoms. The fraction of sp³-hybridized carbons (Fsp3) is 0.759. The highest BCUT2D eigenvalue weighted by atomic mass is 16.5. The molecule has 1 amide bonds. The topological polar surface area (TPSA) is 38.3 Å². The number of hydrogen-bond donors (Lipinski definition) is 1. The largest absolute Gasteiger partial charge is 0.496 e. The van der Waals surface area contributed by atoms with Gasteiger partial charge in [-0.2, -0.15) is 0 Å². The molecule has 3 nitrogen and oxygen atoms in total. The lowest BCUT2D eigenvalue weighted by Gasteiger charge is -2.60. The molecule has 1 aromatic carbocycles. The average molecular weight is 438 g/mol. The predicted molar refractivity (Wildman–Crippen MR) is 130 cm³/mol. The summed E-state index contributed by atoms with van der Waals surface area (Å²) in [6.45, 7) is 7.58. The molecule has 176 valence electrons. The summed E-state index contributed by atoms with van der Waals surface area (Å²) in [6, 6.07) is 9.06. The summed E-state index contributed by atoms with van der Waals surface area (Å²) < 4.78 is 5.69. The Labute approximate surface area is 195 Å².